The van der Waals surface area contributed by atoms with Gasteiger partial charge in [0.1, 0.15) is 6.54 Å². The molecule has 1 aromatic heterocycles. The number of hydrogen-bond acceptors (Lipinski definition) is 6. The number of ether oxygens (including phenoxy) is 1. The second-order valence-corrected chi connectivity index (χ2v) is 10.9. The Hall–Kier alpha value is -3.49. The van der Waals surface area contributed by atoms with Crippen molar-refractivity contribution in [1.82, 2.24) is 20.2 Å². The number of carbonyl (C=O) groups excluding carboxylic acids is 2. The molecule has 2 N–H and O–H groups in total. The van der Waals surface area contributed by atoms with Crippen LogP contribution in [-0.4, -0.2) is 52.5 Å². The molecule has 2 fully saturated rings. The third kappa shape index (κ3) is 4.98. The summed E-state index contributed by atoms with van der Waals surface area (Å²) in [4.78, 5) is 36.9. The van der Waals surface area contributed by atoms with Crippen molar-refractivity contribution in [2.75, 3.05) is 25.1 Å². The lowest BCUT2D eigenvalue weighted by atomic mass is 10.0. The molecule has 2 aliphatic heterocycles. The van der Waals surface area contributed by atoms with Crippen molar-refractivity contribution in [3.05, 3.63) is 75.9 Å². The van der Waals surface area contributed by atoms with Gasteiger partial charge in [-0.25, -0.2) is 9.97 Å². The lowest BCUT2D eigenvalue weighted by Gasteiger charge is -2.23. The zero-order chi connectivity index (χ0) is 26.3. The van der Waals surface area contributed by atoms with E-state index in [0.29, 0.717) is 42.0 Å². The van der Waals surface area contributed by atoms with E-state index in [2.05, 4.69) is 32.7 Å². The molecule has 8 nitrogen and oxygen atoms in total. The molecule has 0 atom stereocenters. The first-order valence-corrected chi connectivity index (χ1v) is 13.5. The smallest absolute Gasteiger partial charge is 0.254 e. The zero-order valence-corrected chi connectivity index (χ0v) is 22.1. The Kier molecular flexibility index (Phi) is 6.53. The highest BCUT2D eigenvalue weighted by Crippen LogP contribution is 2.45. The second kappa shape index (κ2) is 10.0. The first-order valence-electron chi connectivity index (χ1n) is 13.1. The van der Waals surface area contributed by atoms with Gasteiger partial charge < -0.3 is 20.3 Å². The van der Waals surface area contributed by atoms with Gasteiger partial charge in [0.05, 0.1) is 22.5 Å². The lowest BCUT2D eigenvalue weighted by Crippen LogP contribution is -2.42. The fourth-order valence-corrected chi connectivity index (χ4v) is 5.53. The summed E-state index contributed by atoms with van der Waals surface area (Å²) in [6.07, 6.45) is 5.18. The van der Waals surface area contributed by atoms with Crippen LogP contribution < -0.4 is 10.6 Å². The van der Waals surface area contributed by atoms with Gasteiger partial charge in [-0.3, -0.25) is 9.59 Å². The Morgan fingerprint density at radius 3 is 2.76 bits per heavy atom. The average Bonchev–Trinajstić information content (AvgIpc) is 3.63. The third-order valence-corrected chi connectivity index (χ3v) is 7.87. The minimum absolute atomic E-state index is 0.0177. The van der Waals surface area contributed by atoms with E-state index in [0.717, 1.165) is 42.4 Å². The number of anilines is 1. The molecular formula is C29H30ClN5O3. The van der Waals surface area contributed by atoms with E-state index in [-0.39, 0.29) is 29.9 Å². The van der Waals surface area contributed by atoms with Crippen LogP contribution >= 0.6 is 11.6 Å². The molecule has 1 saturated heterocycles. The summed E-state index contributed by atoms with van der Waals surface area (Å²) in [5.41, 5.74) is 4.74. The SMILES string of the molecule is Cc1cccc(C2(NC(=O)CN3Cc4ccc(-c5nc(NC6CCOCC6)ncc5Cl)cc4C3=O)CC2)c1. The standard InChI is InChI=1S/C29H30ClN5O3/c1-18-3-2-4-21(13-18)29(9-10-29)34-25(36)17-35-16-20-6-5-19(14-23(20)27(35)37)26-24(30)15-31-28(33-26)32-22-7-11-38-12-8-22/h2-6,13-15,22H,7-12,16-17H2,1H3,(H,34,36)(H,31,32,33). The number of halogens is 1. The van der Waals surface area contributed by atoms with Gasteiger partial charge in [-0.05, 0) is 49.8 Å². The van der Waals surface area contributed by atoms with Crippen LogP contribution in [0.2, 0.25) is 5.02 Å². The summed E-state index contributed by atoms with van der Waals surface area (Å²) in [6, 6.07) is 14.1. The number of aromatic nitrogens is 2. The highest BCUT2D eigenvalue weighted by molar-refractivity contribution is 6.33. The van der Waals surface area contributed by atoms with E-state index < -0.39 is 0 Å². The van der Waals surface area contributed by atoms with Gasteiger partial charge in [0.25, 0.3) is 5.91 Å². The van der Waals surface area contributed by atoms with Gasteiger partial charge in [0.15, 0.2) is 0 Å². The maximum absolute atomic E-state index is 13.3. The van der Waals surface area contributed by atoms with Gasteiger partial charge in [-0.1, -0.05) is 53.6 Å². The highest BCUT2D eigenvalue weighted by Gasteiger charge is 2.46. The van der Waals surface area contributed by atoms with Gasteiger partial charge >= 0.3 is 0 Å². The molecule has 6 rings (SSSR count). The molecular weight excluding hydrogens is 502 g/mol. The number of rotatable bonds is 7. The minimum Gasteiger partial charge on any atom is -0.381 e. The molecule has 0 bridgehead atoms. The van der Waals surface area contributed by atoms with Gasteiger partial charge in [0, 0.05) is 36.9 Å². The highest BCUT2D eigenvalue weighted by atomic mass is 35.5. The molecule has 196 valence electrons. The maximum Gasteiger partial charge on any atom is 0.254 e. The van der Waals surface area contributed by atoms with E-state index in [1.807, 2.05) is 37.3 Å². The number of carbonyl (C=O) groups is 2. The number of fused-ring (bicyclic) bond motifs is 1. The van der Waals surface area contributed by atoms with Gasteiger partial charge in [0.2, 0.25) is 11.9 Å². The number of hydrogen-bond donors (Lipinski definition) is 2. The zero-order valence-electron chi connectivity index (χ0n) is 21.3. The Morgan fingerprint density at radius 1 is 1.18 bits per heavy atom. The normalized spacial score (nSPS) is 18.3. The maximum atomic E-state index is 13.3. The van der Waals surface area contributed by atoms with E-state index in [9.17, 15) is 9.59 Å². The average molecular weight is 532 g/mol. The predicted octanol–water partition coefficient (Wildman–Crippen LogP) is 4.46. The summed E-state index contributed by atoms with van der Waals surface area (Å²) in [6.45, 7) is 3.89. The largest absolute Gasteiger partial charge is 0.381 e. The van der Waals surface area contributed by atoms with Crippen LogP contribution in [-0.2, 0) is 21.6 Å². The summed E-state index contributed by atoms with van der Waals surface area (Å²) < 4.78 is 5.42. The van der Waals surface area contributed by atoms with E-state index in [1.165, 1.54) is 5.56 Å². The summed E-state index contributed by atoms with van der Waals surface area (Å²) >= 11 is 6.46. The molecule has 0 spiro atoms. The monoisotopic (exact) mass is 531 g/mol. The number of nitrogens with zero attached hydrogens (tertiary/aromatic N) is 3. The predicted molar refractivity (Wildman–Crippen MR) is 145 cm³/mol. The molecule has 9 heteroatoms. The van der Waals surface area contributed by atoms with Crippen molar-refractivity contribution in [2.45, 2.75) is 50.7 Å². The van der Waals surface area contributed by atoms with Crippen molar-refractivity contribution in [3.63, 3.8) is 0 Å². The molecule has 38 heavy (non-hydrogen) atoms. The first-order chi connectivity index (χ1) is 18.4. The molecule has 2 amide bonds. The molecule has 0 unspecified atom stereocenters. The van der Waals surface area contributed by atoms with Crippen LogP contribution in [0.1, 0.15) is 52.7 Å². The van der Waals surface area contributed by atoms with Crippen molar-refractivity contribution in [1.29, 1.82) is 0 Å². The van der Waals surface area contributed by atoms with E-state index in [4.69, 9.17) is 16.3 Å². The molecule has 3 aromatic rings. The van der Waals surface area contributed by atoms with Crippen LogP contribution in [0.4, 0.5) is 5.95 Å². The number of benzene rings is 2. The molecule has 1 saturated carbocycles. The van der Waals surface area contributed by atoms with Crippen LogP contribution in [0, 0.1) is 6.92 Å². The van der Waals surface area contributed by atoms with Crippen LogP contribution in [0.5, 0.6) is 0 Å². The number of nitrogens with one attached hydrogen (secondary N) is 2. The van der Waals surface area contributed by atoms with Crippen LogP contribution in [0.25, 0.3) is 11.3 Å². The van der Waals surface area contributed by atoms with Crippen molar-refractivity contribution >= 4 is 29.4 Å². The topological polar surface area (TPSA) is 96.5 Å². The molecule has 3 aliphatic rings. The van der Waals surface area contributed by atoms with Gasteiger partial charge in [-0.2, -0.15) is 0 Å². The lowest BCUT2D eigenvalue weighted by molar-refractivity contribution is -0.122. The van der Waals surface area contributed by atoms with Crippen molar-refractivity contribution in [2.24, 2.45) is 0 Å². The van der Waals surface area contributed by atoms with Crippen LogP contribution in [0.15, 0.2) is 48.7 Å². The molecule has 1 aliphatic carbocycles. The summed E-state index contributed by atoms with van der Waals surface area (Å²) in [7, 11) is 0. The minimum atomic E-state index is -0.313. The Balaban J connectivity index is 1.15. The Morgan fingerprint density at radius 2 is 2.00 bits per heavy atom. The third-order valence-electron chi connectivity index (χ3n) is 7.59. The fourth-order valence-electron chi connectivity index (χ4n) is 5.33. The number of amides is 2. The summed E-state index contributed by atoms with van der Waals surface area (Å²) in [5.74, 6) is 0.195. The number of aryl methyl sites for hydroxylation is 1. The molecule has 0 radical (unpaired) electrons. The van der Waals surface area contributed by atoms with Gasteiger partial charge in [-0.15, -0.1) is 0 Å². The summed E-state index contributed by atoms with van der Waals surface area (Å²) in [5, 5.41) is 6.97. The van der Waals surface area contributed by atoms with Crippen molar-refractivity contribution in [3.8, 4) is 11.3 Å². The molecule has 2 aromatic carbocycles. The van der Waals surface area contributed by atoms with Crippen molar-refractivity contribution < 1.29 is 14.3 Å². The van der Waals surface area contributed by atoms with E-state index >= 15 is 0 Å². The first kappa shape index (κ1) is 24.8. The quantitative estimate of drug-likeness (QED) is 0.467. The van der Waals surface area contributed by atoms with Crippen LogP contribution in [0.3, 0.4) is 0 Å². The fraction of sp³-hybridized carbons (Fsp3) is 0.379. The van der Waals surface area contributed by atoms with E-state index in [1.54, 1.807) is 11.1 Å². The molecule has 3 heterocycles. The second-order valence-electron chi connectivity index (χ2n) is 10.5. The Labute approximate surface area is 226 Å². The Bertz CT molecular complexity index is 1400.